The summed E-state index contributed by atoms with van der Waals surface area (Å²) in [5.74, 6) is -0.846. The van der Waals surface area contributed by atoms with Crippen molar-refractivity contribution in [3.8, 4) is 5.88 Å². The number of hydrogen-bond donors (Lipinski definition) is 0. The minimum atomic E-state index is -0.631. The molecule has 134 valence electrons. The van der Waals surface area contributed by atoms with Gasteiger partial charge >= 0.3 is 0 Å². The van der Waals surface area contributed by atoms with E-state index in [-0.39, 0.29) is 0 Å². The number of rotatable bonds is 6. The van der Waals surface area contributed by atoms with Gasteiger partial charge in [0.15, 0.2) is 0 Å². The molecule has 0 aliphatic rings. The number of aromatic nitrogens is 1. The monoisotopic (exact) mass is 459 g/mol. The van der Waals surface area contributed by atoms with Crippen LogP contribution >= 0.6 is 22.6 Å². The zero-order valence-corrected chi connectivity index (χ0v) is 16.7. The molecule has 25 heavy (non-hydrogen) atoms. The first kappa shape index (κ1) is 19.6. The zero-order chi connectivity index (χ0) is 18.6. The Bertz CT molecular complexity index is 763. The van der Waals surface area contributed by atoms with Crippen molar-refractivity contribution in [2.75, 3.05) is 13.6 Å². The summed E-state index contributed by atoms with van der Waals surface area (Å²) in [6.07, 6.45) is 1.21. The van der Waals surface area contributed by atoms with E-state index < -0.39 is 17.7 Å². The summed E-state index contributed by atoms with van der Waals surface area (Å²) in [6, 6.07) is 5.22. The molecule has 1 heterocycles. The first-order valence-electron chi connectivity index (χ1n) is 7.84. The molecular weight excluding hydrogens is 439 g/mol. The molecule has 0 amide bonds. The van der Waals surface area contributed by atoms with E-state index in [0.717, 1.165) is 21.9 Å². The van der Waals surface area contributed by atoms with Crippen molar-refractivity contribution in [1.82, 2.24) is 9.88 Å². The predicted octanol–water partition coefficient (Wildman–Crippen LogP) is 5.02. The molecule has 0 saturated carbocycles. The maximum Gasteiger partial charge on any atom is 0.228 e. The van der Waals surface area contributed by atoms with Crippen LogP contribution in [0, 0.1) is 22.1 Å². The molecule has 2 rings (SSSR count). The normalized spacial score (nSPS) is 12.4. The van der Waals surface area contributed by atoms with Gasteiger partial charge in [0.05, 0.1) is 21.3 Å². The predicted molar refractivity (Wildman–Crippen MR) is 104 cm³/mol. The smallest absolute Gasteiger partial charge is 0.228 e. The minimum Gasteiger partial charge on any atom is -0.469 e. The molecule has 0 unspecified atom stereocenters. The van der Waals surface area contributed by atoms with Crippen LogP contribution in [0.15, 0.2) is 29.3 Å². The first-order chi connectivity index (χ1) is 11.8. The molecule has 1 aromatic heterocycles. The summed E-state index contributed by atoms with van der Waals surface area (Å²) >= 11 is 2.11. The third-order valence-corrected chi connectivity index (χ3v) is 4.42. The highest BCUT2D eigenvalue weighted by atomic mass is 127. The number of benzene rings is 1. The van der Waals surface area contributed by atoms with Crippen molar-refractivity contribution in [3.63, 3.8) is 0 Å². The highest BCUT2D eigenvalue weighted by Gasteiger charge is 2.15. The molecule has 0 aliphatic carbocycles. The van der Waals surface area contributed by atoms with Crippen molar-refractivity contribution in [2.45, 2.75) is 26.9 Å². The van der Waals surface area contributed by atoms with E-state index >= 15 is 0 Å². The standard InChI is InChI=1S/C18H20F2IN3O/c1-5-24(4)10-22-17-9-16(21)18(23-11(17)2)25-12(3)13-6-14(19)8-15(20)7-13/h6-10,12H,5H2,1-4H3/t12-/m1/s1. The molecule has 1 aromatic carbocycles. The van der Waals surface area contributed by atoms with Crippen LogP contribution in [0.2, 0.25) is 0 Å². The molecule has 4 nitrogen and oxygen atoms in total. The van der Waals surface area contributed by atoms with Crippen molar-refractivity contribution in [3.05, 3.63) is 50.7 Å². The molecule has 0 N–H and O–H groups in total. The van der Waals surface area contributed by atoms with Crippen LogP contribution in [0.5, 0.6) is 5.88 Å². The first-order valence-corrected chi connectivity index (χ1v) is 8.92. The van der Waals surface area contributed by atoms with Gasteiger partial charge in [0, 0.05) is 19.7 Å². The number of aryl methyl sites for hydroxylation is 1. The second-order valence-corrected chi connectivity index (χ2v) is 6.82. The highest BCUT2D eigenvalue weighted by Crippen LogP contribution is 2.30. The van der Waals surface area contributed by atoms with Gasteiger partial charge in [-0.1, -0.05) is 0 Å². The van der Waals surface area contributed by atoms with E-state index in [1.165, 1.54) is 12.1 Å². The molecule has 0 radical (unpaired) electrons. The average molecular weight is 459 g/mol. The number of aliphatic imine (C=N–C) groups is 1. The van der Waals surface area contributed by atoms with Gasteiger partial charge in [-0.05, 0) is 67.1 Å². The van der Waals surface area contributed by atoms with Crippen LogP contribution in [-0.4, -0.2) is 29.8 Å². The summed E-state index contributed by atoms with van der Waals surface area (Å²) in [5.41, 5.74) is 1.88. The molecule has 2 aromatic rings. The molecule has 0 spiro atoms. The maximum absolute atomic E-state index is 13.4. The van der Waals surface area contributed by atoms with Gasteiger partial charge in [0.2, 0.25) is 5.88 Å². The van der Waals surface area contributed by atoms with E-state index in [0.29, 0.717) is 17.1 Å². The Hall–Kier alpha value is -1.77. The lowest BCUT2D eigenvalue weighted by Crippen LogP contribution is -2.14. The minimum absolute atomic E-state index is 0.415. The summed E-state index contributed by atoms with van der Waals surface area (Å²) in [6.45, 7) is 6.46. The summed E-state index contributed by atoms with van der Waals surface area (Å²) in [4.78, 5) is 10.8. The molecule has 7 heteroatoms. The third-order valence-electron chi connectivity index (χ3n) is 3.64. The number of hydrogen-bond acceptors (Lipinski definition) is 3. The summed E-state index contributed by atoms with van der Waals surface area (Å²) < 4.78 is 33.3. The fourth-order valence-corrected chi connectivity index (χ4v) is 2.59. The van der Waals surface area contributed by atoms with Gasteiger partial charge in [0.1, 0.15) is 17.7 Å². The number of ether oxygens (including phenoxy) is 1. The van der Waals surface area contributed by atoms with E-state index in [1.54, 1.807) is 13.3 Å². The Labute approximate surface area is 160 Å². The van der Waals surface area contributed by atoms with Crippen LogP contribution in [-0.2, 0) is 0 Å². The summed E-state index contributed by atoms with van der Waals surface area (Å²) in [7, 11) is 1.94. The quantitative estimate of drug-likeness (QED) is 0.346. The van der Waals surface area contributed by atoms with Gasteiger partial charge in [-0.25, -0.2) is 18.8 Å². The van der Waals surface area contributed by atoms with E-state index in [1.807, 2.05) is 31.9 Å². The second-order valence-electron chi connectivity index (χ2n) is 5.66. The Morgan fingerprint density at radius 3 is 2.52 bits per heavy atom. The Morgan fingerprint density at radius 2 is 1.92 bits per heavy atom. The molecule has 0 fully saturated rings. The third kappa shape index (κ3) is 5.35. The fraction of sp³-hybridized carbons (Fsp3) is 0.333. The van der Waals surface area contributed by atoms with Crippen LogP contribution in [0.4, 0.5) is 14.5 Å². The largest absolute Gasteiger partial charge is 0.469 e. The van der Waals surface area contributed by atoms with Crippen molar-refractivity contribution >= 4 is 34.6 Å². The molecule has 1 atom stereocenters. The van der Waals surface area contributed by atoms with Gasteiger partial charge in [-0.2, -0.15) is 0 Å². The lowest BCUT2D eigenvalue weighted by Gasteiger charge is -2.17. The zero-order valence-electron chi connectivity index (χ0n) is 14.6. The lowest BCUT2D eigenvalue weighted by atomic mass is 10.1. The fourth-order valence-electron chi connectivity index (χ4n) is 2.05. The van der Waals surface area contributed by atoms with Crippen molar-refractivity contribution in [2.24, 2.45) is 4.99 Å². The molecular formula is C18H20F2IN3O. The van der Waals surface area contributed by atoms with Gasteiger partial charge in [0.25, 0.3) is 0 Å². The Kier molecular flexibility index (Phi) is 6.69. The number of nitrogens with zero attached hydrogens (tertiary/aromatic N) is 3. The topological polar surface area (TPSA) is 37.7 Å². The van der Waals surface area contributed by atoms with Crippen molar-refractivity contribution in [1.29, 1.82) is 0 Å². The van der Waals surface area contributed by atoms with E-state index in [9.17, 15) is 8.78 Å². The number of pyridine rings is 1. The van der Waals surface area contributed by atoms with E-state index in [2.05, 4.69) is 32.6 Å². The lowest BCUT2D eigenvalue weighted by molar-refractivity contribution is 0.214. The van der Waals surface area contributed by atoms with Gasteiger partial charge in [-0.15, -0.1) is 0 Å². The van der Waals surface area contributed by atoms with Crippen LogP contribution in [0.3, 0.4) is 0 Å². The average Bonchev–Trinajstić information content (AvgIpc) is 2.55. The molecule has 0 bridgehead atoms. The second kappa shape index (κ2) is 8.55. The van der Waals surface area contributed by atoms with Gasteiger partial charge in [-0.3, -0.25) is 0 Å². The Morgan fingerprint density at radius 1 is 1.28 bits per heavy atom. The maximum atomic E-state index is 13.4. The van der Waals surface area contributed by atoms with Gasteiger partial charge < -0.3 is 9.64 Å². The van der Waals surface area contributed by atoms with Crippen LogP contribution < -0.4 is 4.74 Å². The number of halogens is 3. The van der Waals surface area contributed by atoms with Crippen LogP contribution in [0.1, 0.15) is 31.2 Å². The summed E-state index contributed by atoms with van der Waals surface area (Å²) in [5, 5.41) is 0. The molecule has 0 saturated heterocycles. The van der Waals surface area contributed by atoms with Crippen LogP contribution in [0.25, 0.3) is 0 Å². The van der Waals surface area contributed by atoms with Crippen molar-refractivity contribution < 1.29 is 13.5 Å². The molecule has 0 aliphatic heterocycles. The highest BCUT2D eigenvalue weighted by molar-refractivity contribution is 14.1. The SMILES string of the molecule is CCN(C)C=Nc1cc(I)c(O[C@H](C)c2cc(F)cc(F)c2)nc1C. The van der Waals surface area contributed by atoms with E-state index in [4.69, 9.17) is 4.74 Å². The Balaban J connectivity index is 2.22.